The summed E-state index contributed by atoms with van der Waals surface area (Å²) in [6.07, 6.45) is 0.815. The van der Waals surface area contributed by atoms with Crippen molar-refractivity contribution >= 4 is 8.32 Å². The van der Waals surface area contributed by atoms with E-state index >= 15 is 0 Å². The number of rotatable bonds is 3. The first-order valence-electron chi connectivity index (χ1n) is 5.61. The summed E-state index contributed by atoms with van der Waals surface area (Å²) in [6.45, 7) is 12.4. The molecule has 1 rings (SSSR count). The Kier molecular flexibility index (Phi) is 3.65. The third-order valence-corrected chi connectivity index (χ3v) is 8.19. The zero-order chi connectivity index (χ0) is 11.7. The summed E-state index contributed by atoms with van der Waals surface area (Å²) in [5.74, 6) is 0. The fourth-order valence-corrected chi connectivity index (χ4v) is 3.13. The predicted molar refractivity (Wildman–Crippen MR) is 63.5 cm³/mol. The molecule has 1 fully saturated rings. The number of hydrogen-bond acceptors (Lipinski definition) is 3. The molecule has 1 aliphatic rings. The van der Waals surface area contributed by atoms with E-state index < -0.39 is 13.9 Å². The number of hydrogen-bond donors (Lipinski definition) is 1. The first-order chi connectivity index (χ1) is 6.72. The largest absolute Gasteiger partial charge is 0.407 e. The normalized spacial score (nSPS) is 28.4. The molecule has 0 aromatic rings. The Morgan fingerprint density at radius 2 is 2.00 bits per heavy atom. The SMILES string of the molecule is CC(C)(C)[Si](C)(C)OC1(CO)CCOC1. The topological polar surface area (TPSA) is 38.7 Å². The van der Waals surface area contributed by atoms with Crippen molar-refractivity contribution in [3.8, 4) is 0 Å². The molecule has 0 aromatic carbocycles. The Balaban J connectivity index is 2.74. The Labute approximate surface area is 93.9 Å². The van der Waals surface area contributed by atoms with Gasteiger partial charge in [-0.05, 0) is 18.1 Å². The molecule has 1 heterocycles. The molecule has 15 heavy (non-hydrogen) atoms. The molecule has 1 N–H and O–H groups in total. The molecule has 0 aromatic heterocycles. The average molecular weight is 232 g/mol. The molecule has 0 amide bonds. The molecule has 0 bridgehead atoms. The van der Waals surface area contributed by atoms with Crippen LogP contribution in [0.5, 0.6) is 0 Å². The molecule has 1 aliphatic heterocycles. The van der Waals surface area contributed by atoms with Gasteiger partial charge in [-0.1, -0.05) is 20.8 Å². The molecular formula is C11H24O3Si. The second-order valence-electron chi connectivity index (χ2n) is 6.01. The lowest BCUT2D eigenvalue weighted by Crippen LogP contribution is -2.52. The summed E-state index contributed by atoms with van der Waals surface area (Å²) >= 11 is 0. The van der Waals surface area contributed by atoms with E-state index in [1.807, 2.05) is 0 Å². The van der Waals surface area contributed by atoms with Gasteiger partial charge >= 0.3 is 0 Å². The van der Waals surface area contributed by atoms with Crippen molar-refractivity contribution in [3.63, 3.8) is 0 Å². The highest BCUT2D eigenvalue weighted by Gasteiger charge is 2.46. The second kappa shape index (κ2) is 4.16. The van der Waals surface area contributed by atoms with Gasteiger partial charge in [-0.2, -0.15) is 0 Å². The van der Waals surface area contributed by atoms with Crippen LogP contribution in [0.4, 0.5) is 0 Å². The van der Waals surface area contributed by atoms with E-state index in [2.05, 4.69) is 33.9 Å². The molecule has 1 saturated heterocycles. The summed E-state index contributed by atoms with van der Waals surface area (Å²) in [4.78, 5) is 0. The van der Waals surface area contributed by atoms with Crippen LogP contribution >= 0.6 is 0 Å². The van der Waals surface area contributed by atoms with E-state index in [9.17, 15) is 5.11 Å². The quantitative estimate of drug-likeness (QED) is 0.758. The van der Waals surface area contributed by atoms with Crippen LogP contribution in [0.15, 0.2) is 0 Å². The molecule has 90 valence electrons. The van der Waals surface area contributed by atoms with Crippen molar-refractivity contribution in [2.24, 2.45) is 0 Å². The first-order valence-corrected chi connectivity index (χ1v) is 8.52. The fraction of sp³-hybridized carbons (Fsp3) is 1.00. The summed E-state index contributed by atoms with van der Waals surface area (Å²) in [7, 11) is -1.80. The van der Waals surface area contributed by atoms with Crippen LogP contribution in [0.1, 0.15) is 27.2 Å². The van der Waals surface area contributed by atoms with Gasteiger partial charge < -0.3 is 14.3 Å². The number of ether oxygens (including phenoxy) is 1. The van der Waals surface area contributed by atoms with Gasteiger partial charge in [-0.15, -0.1) is 0 Å². The monoisotopic (exact) mass is 232 g/mol. The third kappa shape index (κ3) is 2.81. The van der Waals surface area contributed by atoms with Gasteiger partial charge in [-0.3, -0.25) is 0 Å². The minimum Gasteiger partial charge on any atom is -0.407 e. The van der Waals surface area contributed by atoms with E-state index in [1.165, 1.54) is 0 Å². The molecule has 1 unspecified atom stereocenters. The summed E-state index contributed by atoms with van der Waals surface area (Å²) < 4.78 is 11.6. The van der Waals surface area contributed by atoms with E-state index in [-0.39, 0.29) is 11.6 Å². The lowest BCUT2D eigenvalue weighted by Gasteiger charge is -2.42. The first kappa shape index (κ1) is 13.2. The molecule has 0 saturated carbocycles. The van der Waals surface area contributed by atoms with E-state index in [0.717, 1.165) is 6.42 Å². The van der Waals surface area contributed by atoms with Gasteiger partial charge in [0, 0.05) is 13.0 Å². The van der Waals surface area contributed by atoms with Crippen molar-refractivity contribution in [2.75, 3.05) is 19.8 Å². The zero-order valence-corrected chi connectivity index (χ0v) is 11.6. The molecule has 0 radical (unpaired) electrons. The molecular weight excluding hydrogens is 208 g/mol. The van der Waals surface area contributed by atoms with Crippen LogP contribution in [-0.2, 0) is 9.16 Å². The maximum atomic E-state index is 9.46. The Bertz CT molecular complexity index is 214. The van der Waals surface area contributed by atoms with Gasteiger partial charge in [0.15, 0.2) is 8.32 Å². The Morgan fingerprint density at radius 1 is 1.40 bits per heavy atom. The van der Waals surface area contributed by atoms with Crippen LogP contribution in [0.2, 0.25) is 18.1 Å². The van der Waals surface area contributed by atoms with Crippen molar-refractivity contribution < 1.29 is 14.3 Å². The molecule has 3 nitrogen and oxygen atoms in total. The van der Waals surface area contributed by atoms with Crippen molar-refractivity contribution in [1.29, 1.82) is 0 Å². The van der Waals surface area contributed by atoms with Gasteiger partial charge in [-0.25, -0.2) is 0 Å². The number of aliphatic hydroxyl groups excluding tert-OH is 1. The standard InChI is InChI=1S/C11H24O3Si/c1-10(2,3)15(4,5)14-11(8-12)6-7-13-9-11/h12H,6-9H2,1-5H3. The summed E-state index contributed by atoms with van der Waals surface area (Å²) in [6, 6.07) is 0. The van der Waals surface area contributed by atoms with E-state index in [0.29, 0.717) is 13.2 Å². The highest BCUT2D eigenvalue weighted by atomic mass is 28.4. The molecule has 1 atom stereocenters. The highest BCUT2D eigenvalue weighted by Crippen LogP contribution is 2.40. The van der Waals surface area contributed by atoms with Crippen LogP contribution in [0.3, 0.4) is 0 Å². The van der Waals surface area contributed by atoms with Gasteiger partial charge in [0.25, 0.3) is 0 Å². The lowest BCUT2D eigenvalue weighted by atomic mass is 10.1. The maximum absolute atomic E-state index is 9.46. The van der Waals surface area contributed by atoms with E-state index in [1.54, 1.807) is 0 Å². The molecule has 0 aliphatic carbocycles. The van der Waals surface area contributed by atoms with Gasteiger partial charge in [0.05, 0.1) is 13.2 Å². The molecule has 4 heteroatoms. The van der Waals surface area contributed by atoms with Crippen molar-refractivity contribution in [2.45, 2.75) is 50.9 Å². The smallest absolute Gasteiger partial charge is 0.193 e. The Hall–Kier alpha value is 0.0969. The second-order valence-corrected chi connectivity index (χ2v) is 10.7. The zero-order valence-electron chi connectivity index (χ0n) is 10.6. The molecule has 0 spiro atoms. The average Bonchev–Trinajstić information content (AvgIpc) is 2.51. The minimum absolute atomic E-state index is 0.0690. The van der Waals surface area contributed by atoms with Gasteiger partial charge in [0.1, 0.15) is 5.60 Å². The Morgan fingerprint density at radius 3 is 2.33 bits per heavy atom. The van der Waals surface area contributed by atoms with Crippen LogP contribution < -0.4 is 0 Å². The minimum atomic E-state index is -1.80. The maximum Gasteiger partial charge on any atom is 0.193 e. The predicted octanol–water partition coefficient (Wildman–Crippen LogP) is 2.16. The van der Waals surface area contributed by atoms with Crippen LogP contribution in [-0.4, -0.2) is 38.8 Å². The highest BCUT2D eigenvalue weighted by molar-refractivity contribution is 6.74. The lowest BCUT2D eigenvalue weighted by molar-refractivity contribution is -0.00941. The van der Waals surface area contributed by atoms with E-state index in [4.69, 9.17) is 9.16 Å². The van der Waals surface area contributed by atoms with Crippen LogP contribution in [0.25, 0.3) is 0 Å². The third-order valence-electron chi connectivity index (χ3n) is 3.63. The van der Waals surface area contributed by atoms with Crippen LogP contribution in [0, 0.1) is 0 Å². The summed E-state index contributed by atoms with van der Waals surface area (Å²) in [5.41, 5.74) is -0.428. The number of aliphatic hydroxyl groups is 1. The summed E-state index contributed by atoms with van der Waals surface area (Å²) in [5, 5.41) is 9.64. The van der Waals surface area contributed by atoms with Crippen molar-refractivity contribution in [3.05, 3.63) is 0 Å². The van der Waals surface area contributed by atoms with Gasteiger partial charge in [0.2, 0.25) is 0 Å². The fourth-order valence-electron chi connectivity index (χ4n) is 1.52. The van der Waals surface area contributed by atoms with Crippen molar-refractivity contribution in [1.82, 2.24) is 0 Å².